The molecule has 0 aliphatic carbocycles. The molecule has 0 aliphatic heterocycles. The zero-order valence-corrected chi connectivity index (χ0v) is 9.83. The lowest BCUT2D eigenvalue weighted by Gasteiger charge is -2.14. The molecule has 1 nitrogen and oxygen atoms in total. The zero-order valence-electron chi connectivity index (χ0n) is 9.83. The molecule has 1 unspecified atom stereocenters. The number of allylic oxidation sites excluding steroid dienone is 1. The molecule has 15 heavy (non-hydrogen) atoms. The average molecular weight is 204 g/mol. The van der Waals surface area contributed by atoms with Crippen molar-refractivity contribution in [2.75, 3.05) is 0 Å². The van der Waals surface area contributed by atoms with Crippen molar-refractivity contribution in [3.05, 3.63) is 41.5 Å². The maximum Gasteiger partial charge on any atom is 0.0753 e. The molecule has 1 aromatic rings. The third-order valence-corrected chi connectivity index (χ3v) is 2.86. The first-order chi connectivity index (χ1) is 7.16. The van der Waals surface area contributed by atoms with Crippen molar-refractivity contribution >= 4 is 5.57 Å². The van der Waals surface area contributed by atoms with Gasteiger partial charge in [-0.3, -0.25) is 0 Å². The lowest BCUT2D eigenvalue weighted by molar-refractivity contribution is 0.200. The van der Waals surface area contributed by atoms with Crippen LogP contribution in [0.15, 0.2) is 35.9 Å². The SMILES string of the molecule is CCCC(O)/C(C)=C(\C)c1ccccc1. The molecule has 1 rings (SSSR count). The summed E-state index contributed by atoms with van der Waals surface area (Å²) in [6.45, 7) is 6.18. The highest BCUT2D eigenvalue weighted by Crippen LogP contribution is 2.21. The lowest BCUT2D eigenvalue weighted by atomic mass is 9.97. The fourth-order valence-electron chi connectivity index (χ4n) is 1.66. The van der Waals surface area contributed by atoms with Gasteiger partial charge in [-0.05, 0) is 37.0 Å². The summed E-state index contributed by atoms with van der Waals surface area (Å²) in [6, 6.07) is 10.2. The first-order valence-electron chi connectivity index (χ1n) is 5.57. The van der Waals surface area contributed by atoms with Crippen molar-refractivity contribution in [1.29, 1.82) is 0 Å². The molecule has 0 heterocycles. The summed E-state index contributed by atoms with van der Waals surface area (Å²) in [5, 5.41) is 9.89. The highest BCUT2D eigenvalue weighted by atomic mass is 16.3. The van der Waals surface area contributed by atoms with Crippen LogP contribution < -0.4 is 0 Å². The molecule has 82 valence electrons. The van der Waals surface area contributed by atoms with E-state index >= 15 is 0 Å². The maximum atomic E-state index is 9.89. The maximum absolute atomic E-state index is 9.89. The highest BCUT2D eigenvalue weighted by molar-refractivity contribution is 5.67. The van der Waals surface area contributed by atoms with E-state index in [1.165, 1.54) is 11.1 Å². The van der Waals surface area contributed by atoms with E-state index in [1.54, 1.807) is 0 Å². The minimum Gasteiger partial charge on any atom is -0.389 e. The molecule has 0 saturated carbocycles. The van der Waals surface area contributed by atoms with Crippen LogP contribution in [-0.4, -0.2) is 11.2 Å². The second-order valence-electron chi connectivity index (χ2n) is 3.98. The van der Waals surface area contributed by atoms with Crippen LogP contribution in [0.4, 0.5) is 0 Å². The number of aliphatic hydroxyl groups is 1. The predicted octanol–water partition coefficient (Wildman–Crippen LogP) is 3.64. The monoisotopic (exact) mass is 204 g/mol. The van der Waals surface area contributed by atoms with Crippen LogP contribution in [0, 0.1) is 0 Å². The minimum atomic E-state index is -0.296. The topological polar surface area (TPSA) is 20.2 Å². The largest absolute Gasteiger partial charge is 0.389 e. The van der Waals surface area contributed by atoms with Crippen molar-refractivity contribution in [2.45, 2.75) is 39.7 Å². The molecule has 0 aromatic heterocycles. The van der Waals surface area contributed by atoms with Gasteiger partial charge in [0, 0.05) is 0 Å². The Kier molecular flexibility index (Phi) is 4.57. The van der Waals surface area contributed by atoms with Gasteiger partial charge in [-0.1, -0.05) is 43.7 Å². The molecule has 1 atom stereocenters. The van der Waals surface area contributed by atoms with E-state index in [4.69, 9.17) is 0 Å². The summed E-state index contributed by atoms with van der Waals surface area (Å²) < 4.78 is 0. The normalized spacial score (nSPS) is 14.7. The van der Waals surface area contributed by atoms with Crippen molar-refractivity contribution in [3.8, 4) is 0 Å². The van der Waals surface area contributed by atoms with Gasteiger partial charge in [0.05, 0.1) is 6.10 Å². The van der Waals surface area contributed by atoms with Gasteiger partial charge in [-0.25, -0.2) is 0 Å². The third-order valence-electron chi connectivity index (χ3n) is 2.86. The molecular formula is C14H20O. The van der Waals surface area contributed by atoms with Gasteiger partial charge < -0.3 is 5.11 Å². The Morgan fingerprint density at radius 1 is 1.20 bits per heavy atom. The molecule has 0 aliphatic rings. The second kappa shape index (κ2) is 5.72. The van der Waals surface area contributed by atoms with E-state index in [-0.39, 0.29) is 6.10 Å². The average Bonchev–Trinajstić information content (AvgIpc) is 2.28. The smallest absolute Gasteiger partial charge is 0.0753 e. The van der Waals surface area contributed by atoms with Crippen molar-refractivity contribution in [3.63, 3.8) is 0 Å². The number of hydrogen-bond donors (Lipinski definition) is 1. The van der Waals surface area contributed by atoms with Crippen LogP contribution >= 0.6 is 0 Å². The zero-order chi connectivity index (χ0) is 11.3. The first-order valence-corrected chi connectivity index (χ1v) is 5.57. The van der Waals surface area contributed by atoms with E-state index in [9.17, 15) is 5.11 Å². The Bertz CT molecular complexity index is 324. The van der Waals surface area contributed by atoms with Crippen LogP contribution in [0.3, 0.4) is 0 Å². The number of rotatable bonds is 4. The molecule has 0 spiro atoms. The van der Waals surface area contributed by atoms with E-state index in [1.807, 2.05) is 25.1 Å². The molecule has 1 N–H and O–H groups in total. The Balaban J connectivity index is 2.90. The molecule has 0 fully saturated rings. The lowest BCUT2D eigenvalue weighted by Crippen LogP contribution is -2.08. The van der Waals surface area contributed by atoms with E-state index in [0.717, 1.165) is 18.4 Å². The van der Waals surface area contributed by atoms with E-state index < -0.39 is 0 Å². The standard InChI is InChI=1S/C14H20O/c1-4-8-14(15)12(3)11(2)13-9-6-5-7-10-13/h5-7,9-10,14-15H,4,8H2,1-3H3/b12-11+. The van der Waals surface area contributed by atoms with E-state index in [0.29, 0.717) is 0 Å². The number of aliphatic hydroxyl groups excluding tert-OH is 1. The van der Waals surface area contributed by atoms with Crippen LogP contribution in [0.2, 0.25) is 0 Å². The van der Waals surface area contributed by atoms with Gasteiger partial charge in [-0.15, -0.1) is 0 Å². The molecular weight excluding hydrogens is 184 g/mol. The van der Waals surface area contributed by atoms with Crippen LogP contribution in [-0.2, 0) is 0 Å². The molecule has 0 saturated heterocycles. The number of benzene rings is 1. The summed E-state index contributed by atoms with van der Waals surface area (Å²) >= 11 is 0. The Morgan fingerprint density at radius 2 is 1.80 bits per heavy atom. The van der Waals surface area contributed by atoms with Gasteiger partial charge in [0.25, 0.3) is 0 Å². The van der Waals surface area contributed by atoms with Crippen molar-refractivity contribution in [2.24, 2.45) is 0 Å². The summed E-state index contributed by atoms with van der Waals surface area (Å²) in [5.74, 6) is 0. The Morgan fingerprint density at radius 3 is 2.33 bits per heavy atom. The van der Waals surface area contributed by atoms with Gasteiger partial charge in [0.2, 0.25) is 0 Å². The fourth-order valence-corrected chi connectivity index (χ4v) is 1.66. The predicted molar refractivity (Wildman–Crippen MR) is 65.6 cm³/mol. The Hall–Kier alpha value is -1.08. The van der Waals surface area contributed by atoms with Gasteiger partial charge in [-0.2, -0.15) is 0 Å². The summed E-state index contributed by atoms with van der Waals surface area (Å²) in [6.07, 6.45) is 1.56. The third kappa shape index (κ3) is 3.21. The molecule has 1 aromatic carbocycles. The fraction of sp³-hybridized carbons (Fsp3) is 0.429. The van der Waals surface area contributed by atoms with Crippen LogP contribution in [0.5, 0.6) is 0 Å². The molecule has 0 amide bonds. The highest BCUT2D eigenvalue weighted by Gasteiger charge is 2.08. The van der Waals surface area contributed by atoms with Crippen LogP contribution in [0.1, 0.15) is 39.2 Å². The summed E-state index contributed by atoms with van der Waals surface area (Å²) in [4.78, 5) is 0. The van der Waals surface area contributed by atoms with Crippen molar-refractivity contribution < 1.29 is 5.11 Å². The molecule has 0 radical (unpaired) electrons. The van der Waals surface area contributed by atoms with Crippen LogP contribution in [0.25, 0.3) is 5.57 Å². The van der Waals surface area contributed by atoms with Gasteiger partial charge >= 0.3 is 0 Å². The molecule has 0 bridgehead atoms. The Labute approximate surface area is 92.5 Å². The molecule has 1 heteroatoms. The number of hydrogen-bond acceptors (Lipinski definition) is 1. The minimum absolute atomic E-state index is 0.296. The summed E-state index contributed by atoms with van der Waals surface area (Å²) in [5.41, 5.74) is 3.48. The van der Waals surface area contributed by atoms with Gasteiger partial charge in [0.15, 0.2) is 0 Å². The van der Waals surface area contributed by atoms with Crippen molar-refractivity contribution in [1.82, 2.24) is 0 Å². The van der Waals surface area contributed by atoms with Gasteiger partial charge in [0.1, 0.15) is 0 Å². The second-order valence-corrected chi connectivity index (χ2v) is 3.98. The first kappa shape index (κ1) is 12.0. The quantitative estimate of drug-likeness (QED) is 0.794. The summed E-state index contributed by atoms with van der Waals surface area (Å²) in [7, 11) is 0. The van der Waals surface area contributed by atoms with E-state index in [2.05, 4.69) is 26.0 Å².